The molecule has 0 spiro atoms. The normalized spacial score (nSPS) is 13.8. The van der Waals surface area contributed by atoms with Crippen molar-refractivity contribution in [2.75, 3.05) is 0 Å². The summed E-state index contributed by atoms with van der Waals surface area (Å²) in [6.45, 7) is 0. The molecule has 2 atom stereocenters. The van der Waals surface area contributed by atoms with E-state index in [0.717, 1.165) is 77.9 Å². The van der Waals surface area contributed by atoms with Gasteiger partial charge in [-0.05, 0) is 103 Å². The van der Waals surface area contributed by atoms with Gasteiger partial charge in [0.15, 0.2) is 34.9 Å². The monoisotopic (exact) mass is 1020 g/mol. The minimum Gasteiger partial charge on any atom is -0.264 e. The maximum atomic E-state index is 5.21. The zero-order valence-corrected chi connectivity index (χ0v) is 43.1. The molecule has 0 aliphatic heterocycles. The van der Waals surface area contributed by atoms with Crippen LogP contribution in [-0.4, -0.2) is 39.9 Å². The maximum absolute atomic E-state index is 5.21. The third kappa shape index (κ3) is 8.34. The maximum Gasteiger partial charge on any atom is 0.164 e. The van der Waals surface area contributed by atoms with Crippen LogP contribution in [-0.2, 0) is 0 Å². The minimum absolute atomic E-state index is 0.0683. The van der Waals surface area contributed by atoms with Gasteiger partial charge in [0, 0.05) is 81.1 Å². The van der Waals surface area contributed by atoms with Crippen LogP contribution in [0.4, 0.5) is 0 Å². The van der Waals surface area contributed by atoms with E-state index in [1.807, 2.05) is 109 Å². The van der Waals surface area contributed by atoms with Crippen molar-refractivity contribution in [3.63, 3.8) is 0 Å². The molecule has 9 aromatic carbocycles. The first kappa shape index (κ1) is 46.6. The molecular formula is C72H46N8. The molecule has 8 heteroatoms. The summed E-state index contributed by atoms with van der Waals surface area (Å²) in [7, 11) is 0. The molecule has 3 aliphatic carbocycles. The second kappa shape index (κ2) is 19.7. The molecule has 0 saturated heterocycles. The summed E-state index contributed by atoms with van der Waals surface area (Å²) < 4.78 is 0. The van der Waals surface area contributed by atoms with E-state index in [2.05, 4.69) is 156 Å². The number of nitrogens with zero attached hydrogens (tertiary/aromatic N) is 8. The van der Waals surface area contributed by atoms with E-state index >= 15 is 0 Å². The predicted octanol–water partition coefficient (Wildman–Crippen LogP) is 16.5. The van der Waals surface area contributed by atoms with E-state index in [1.54, 1.807) is 12.4 Å². The third-order valence-electron chi connectivity index (χ3n) is 15.6. The molecule has 0 radical (unpaired) electrons. The van der Waals surface area contributed by atoms with Crippen molar-refractivity contribution in [2.45, 2.75) is 11.8 Å². The molecule has 374 valence electrons. The molecule has 0 saturated carbocycles. The molecule has 0 N–H and O–H groups in total. The third-order valence-corrected chi connectivity index (χ3v) is 15.6. The van der Waals surface area contributed by atoms with Crippen LogP contribution >= 0.6 is 0 Å². The lowest BCUT2D eigenvalue weighted by Gasteiger charge is -2.42. The quantitative estimate of drug-likeness (QED) is 0.133. The average Bonchev–Trinajstić information content (AvgIpc) is 3.64. The van der Waals surface area contributed by atoms with E-state index in [0.29, 0.717) is 34.9 Å². The van der Waals surface area contributed by atoms with Gasteiger partial charge in [0.25, 0.3) is 0 Å². The molecule has 4 heterocycles. The Labute approximate surface area is 463 Å². The molecule has 0 amide bonds. The molecule has 8 nitrogen and oxygen atoms in total. The number of rotatable bonds is 10. The van der Waals surface area contributed by atoms with Crippen LogP contribution in [0.5, 0.6) is 0 Å². The van der Waals surface area contributed by atoms with Gasteiger partial charge in [0.05, 0.1) is 0 Å². The van der Waals surface area contributed by atoms with Crippen LogP contribution < -0.4 is 0 Å². The Balaban J connectivity index is 0.790. The Morgan fingerprint density at radius 1 is 0.200 bits per heavy atom. The highest BCUT2D eigenvalue weighted by atomic mass is 15.0. The van der Waals surface area contributed by atoms with Crippen molar-refractivity contribution in [2.24, 2.45) is 0 Å². The lowest BCUT2D eigenvalue weighted by Crippen LogP contribution is -2.27. The zero-order chi connectivity index (χ0) is 52.9. The highest BCUT2D eigenvalue weighted by Crippen LogP contribution is 2.57. The number of hydrogen-bond donors (Lipinski definition) is 0. The molecule has 13 aromatic rings. The Morgan fingerprint density at radius 3 is 0.950 bits per heavy atom. The van der Waals surface area contributed by atoms with Gasteiger partial charge in [-0.25, -0.2) is 29.9 Å². The van der Waals surface area contributed by atoms with Crippen molar-refractivity contribution < 1.29 is 0 Å². The first-order chi connectivity index (χ1) is 39.6. The Bertz CT molecular complexity index is 4200. The van der Waals surface area contributed by atoms with Crippen molar-refractivity contribution in [1.82, 2.24) is 39.9 Å². The van der Waals surface area contributed by atoms with E-state index in [-0.39, 0.29) is 11.8 Å². The van der Waals surface area contributed by atoms with Gasteiger partial charge < -0.3 is 0 Å². The van der Waals surface area contributed by atoms with Crippen molar-refractivity contribution in [3.05, 3.63) is 301 Å². The number of aromatic nitrogens is 8. The van der Waals surface area contributed by atoms with Crippen LogP contribution in [0.3, 0.4) is 0 Å². The summed E-state index contributed by atoms with van der Waals surface area (Å²) in [6, 6.07) is 85.1. The molecule has 2 unspecified atom stereocenters. The van der Waals surface area contributed by atoms with Crippen LogP contribution in [0.2, 0.25) is 0 Å². The van der Waals surface area contributed by atoms with Crippen LogP contribution in [0.15, 0.2) is 267 Å². The predicted molar refractivity (Wildman–Crippen MR) is 318 cm³/mol. The second-order valence-electron chi connectivity index (χ2n) is 20.3. The summed E-state index contributed by atoms with van der Waals surface area (Å²) >= 11 is 0. The van der Waals surface area contributed by atoms with Crippen LogP contribution in [0.25, 0.3) is 113 Å². The lowest BCUT2D eigenvalue weighted by atomic mass is 9.60. The average molecular weight is 1020 g/mol. The fraction of sp³-hybridized carbons (Fsp3) is 0.0278. The van der Waals surface area contributed by atoms with Gasteiger partial charge in [-0.3, -0.25) is 9.97 Å². The molecule has 16 rings (SSSR count). The molecule has 80 heavy (non-hydrogen) atoms. The van der Waals surface area contributed by atoms with Crippen molar-refractivity contribution in [1.29, 1.82) is 0 Å². The van der Waals surface area contributed by atoms with E-state index in [9.17, 15) is 0 Å². The molecule has 3 aliphatic rings. The largest absolute Gasteiger partial charge is 0.264 e. The zero-order valence-electron chi connectivity index (χ0n) is 43.1. The van der Waals surface area contributed by atoms with Gasteiger partial charge in [-0.15, -0.1) is 0 Å². The van der Waals surface area contributed by atoms with Gasteiger partial charge in [0.2, 0.25) is 0 Å². The van der Waals surface area contributed by atoms with Crippen molar-refractivity contribution in [3.8, 4) is 113 Å². The Kier molecular flexibility index (Phi) is 11.5. The van der Waals surface area contributed by atoms with E-state index < -0.39 is 0 Å². The standard InChI is InChI=1S/C72H46N8/c1-3-17-45(18-4-1)67-75-69(79-71(77-67)61-31-11-7-27-55(61)53-25-15-37-73-43-53)51-23-13-21-47(39-51)49-33-35-59-63(41-49)65-57-29-9-10-30-58(57)66(59)64-42-50(34-36-60(64)65)48-22-14-24-52(40-48)70-76-68(46-19-5-2-6-20-46)78-72(80-70)62-32-12-8-28-56(62)54-26-16-38-74-44-54/h1-44,65-66H. The van der Waals surface area contributed by atoms with Crippen LogP contribution in [0.1, 0.15) is 45.2 Å². The van der Waals surface area contributed by atoms with Gasteiger partial charge in [-0.1, -0.05) is 206 Å². The van der Waals surface area contributed by atoms with Crippen LogP contribution in [0, 0.1) is 0 Å². The summed E-state index contributed by atoms with van der Waals surface area (Å²) in [4.78, 5) is 39.7. The summed E-state index contributed by atoms with van der Waals surface area (Å²) in [6.07, 6.45) is 7.34. The number of pyridine rings is 2. The van der Waals surface area contributed by atoms with Gasteiger partial charge >= 0.3 is 0 Å². The highest BCUT2D eigenvalue weighted by Gasteiger charge is 2.41. The fourth-order valence-corrected chi connectivity index (χ4v) is 11.8. The van der Waals surface area contributed by atoms with E-state index in [1.165, 1.54) is 33.4 Å². The molecule has 2 bridgehead atoms. The molecule has 0 fully saturated rings. The second-order valence-corrected chi connectivity index (χ2v) is 20.3. The molecule has 4 aromatic heterocycles. The SMILES string of the molecule is c1ccc(-c2nc(-c3cccc(-c4ccc5c(c4)C4c6ccccc6C5c5cc(-c6cccc(-c7nc(-c8ccccc8)nc(-c8ccccc8-c8cccnc8)n7)c6)ccc54)c3)nc(-c3ccccc3-c3cccnc3)n2)cc1. The van der Waals surface area contributed by atoms with Crippen molar-refractivity contribution >= 4 is 0 Å². The first-order valence-corrected chi connectivity index (χ1v) is 26.9. The first-order valence-electron chi connectivity index (χ1n) is 26.9. The topological polar surface area (TPSA) is 103 Å². The Hall–Kier alpha value is -10.7. The number of hydrogen-bond acceptors (Lipinski definition) is 8. The Morgan fingerprint density at radius 2 is 0.525 bits per heavy atom. The smallest absolute Gasteiger partial charge is 0.164 e. The lowest BCUT2D eigenvalue weighted by molar-refractivity contribution is 0.755. The minimum atomic E-state index is 0.0683. The fourth-order valence-electron chi connectivity index (χ4n) is 11.8. The summed E-state index contributed by atoms with van der Waals surface area (Å²) in [5, 5.41) is 0. The van der Waals surface area contributed by atoms with E-state index in [4.69, 9.17) is 29.9 Å². The van der Waals surface area contributed by atoms with Gasteiger partial charge in [0.1, 0.15) is 0 Å². The highest BCUT2D eigenvalue weighted by molar-refractivity contribution is 5.84. The number of benzene rings is 9. The molecular weight excluding hydrogens is 977 g/mol. The summed E-state index contributed by atoms with van der Waals surface area (Å²) in [5.41, 5.74) is 22.0. The summed E-state index contributed by atoms with van der Waals surface area (Å²) in [5.74, 6) is 3.78. The van der Waals surface area contributed by atoms with Gasteiger partial charge in [-0.2, -0.15) is 0 Å².